The molecular formula is C22H20BrF3N2O3. The van der Waals surface area contributed by atoms with Crippen LogP contribution in [0.25, 0.3) is 11.0 Å². The number of esters is 1. The van der Waals surface area contributed by atoms with Crippen LogP contribution in [0.1, 0.15) is 41.6 Å². The predicted molar refractivity (Wildman–Crippen MR) is 112 cm³/mol. The fourth-order valence-electron chi connectivity index (χ4n) is 3.96. The van der Waals surface area contributed by atoms with Gasteiger partial charge >= 0.3 is 5.97 Å². The van der Waals surface area contributed by atoms with Crippen molar-refractivity contribution in [3.05, 3.63) is 63.1 Å². The van der Waals surface area contributed by atoms with Crippen molar-refractivity contribution in [1.29, 1.82) is 0 Å². The molecule has 2 aromatic carbocycles. The fraction of sp³-hybridized carbons (Fsp3) is 0.364. The van der Waals surface area contributed by atoms with Crippen molar-refractivity contribution in [3.63, 3.8) is 0 Å². The third-order valence-electron chi connectivity index (χ3n) is 5.64. The Bertz CT molecular complexity index is 1190. The number of imidazole rings is 1. The molecule has 3 aromatic rings. The van der Waals surface area contributed by atoms with E-state index in [1.807, 2.05) is 13.8 Å². The molecule has 1 aromatic heterocycles. The summed E-state index contributed by atoms with van der Waals surface area (Å²) in [5.41, 5.74) is 0.213. The number of halogens is 4. The van der Waals surface area contributed by atoms with E-state index >= 15 is 0 Å². The number of hydrogen-bond acceptors (Lipinski definition) is 4. The first kappa shape index (κ1) is 21.8. The van der Waals surface area contributed by atoms with Gasteiger partial charge in [-0.25, -0.2) is 22.9 Å². The van der Waals surface area contributed by atoms with Crippen molar-refractivity contribution in [1.82, 2.24) is 9.55 Å². The van der Waals surface area contributed by atoms with Crippen LogP contribution in [0.15, 0.2) is 28.7 Å². The summed E-state index contributed by atoms with van der Waals surface area (Å²) in [7, 11) is 1.21. The minimum atomic E-state index is -0.697. The zero-order valence-electron chi connectivity index (χ0n) is 17.1. The summed E-state index contributed by atoms with van der Waals surface area (Å²) in [4.78, 5) is 16.5. The van der Waals surface area contributed by atoms with Gasteiger partial charge in [0.05, 0.1) is 41.9 Å². The summed E-state index contributed by atoms with van der Waals surface area (Å²) >= 11 is 2.97. The molecule has 2 heterocycles. The maximum atomic E-state index is 14.9. The number of rotatable bonds is 4. The summed E-state index contributed by atoms with van der Waals surface area (Å²) in [6, 6.07) is 4.47. The van der Waals surface area contributed by atoms with Gasteiger partial charge in [-0.05, 0) is 45.8 Å². The van der Waals surface area contributed by atoms with Gasteiger partial charge in [0.15, 0.2) is 5.82 Å². The Labute approximate surface area is 185 Å². The monoisotopic (exact) mass is 496 g/mol. The number of hydrogen-bond donors (Lipinski definition) is 0. The average Bonchev–Trinajstić information content (AvgIpc) is 3.24. The Kier molecular flexibility index (Phi) is 5.59. The highest BCUT2D eigenvalue weighted by molar-refractivity contribution is 9.10. The molecule has 1 aliphatic rings. The fourth-order valence-corrected chi connectivity index (χ4v) is 4.27. The molecule has 0 radical (unpaired) electrons. The summed E-state index contributed by atoms with van der Waals surface area (Å²) in [6.45, 7) is 4.81. The topological polar surface area (TPSA) is 53.3 Å². The van der Waals surface area contributed by atoms with Gasteiger partial charge in [-0.2, -0.15) is 0 Å². The number of carbonyl (C=O) groups excluding carboxylic acids is 1. The van der Waals surface area contributed by atoms with E-state index in [1.165, 1.54) is 13.2 Å². The van der Waals surface area contributed by atoms with E-state index < -0.39 is 23.4 Å². The molecule has 1 fully saturated rings. The normalized spacial score (nSPS) is 18.0. The highest BCUT2D eigenvalue weighted by Gasteiger charge is 2.39. The largest absolute Gasteiger partial charge is 0.465 e. The quantitative estimate of drug-likeness (QED) is 0.368. The molecule has 0 saturated carbocycles. The molecule has 1 aliphatic heterocycles. The molecule has 0 unspecified atom stereocenters. The Hall–Kier alpha value is -2.39. The zero-order valence-corrected chi connectivity index (χ0v) is 18.7. The van der Waals surface area contributed by atoms with Crippen LogP contribution < -0.4 is 0 Å². The van der Waals surface area contributed by atoms with Crippen molar-refractivity contribution >= 4 is 32.9 Å². The van der Waals surface area contributed by atoms with Crippen molar-refractivity contribution in [2.45, 2.75) is 26.3 Å². The molecule has 1 saturated heterocycles. The lowest BCUT2D eigenvalue weighted by molar-refractivity contribution is 0.0600. The van der Waals surface area contributed by atoms with Gasteiger partial charge < -0.3 is 14.0 Å². The first-order valence-electron chi connectivity index (χ1n) is 9.62. The number of nitrogens with zero attached hydrogens (tertiary/aromatic N) is 2. The van der Waals surface area contributed by atoms with Gasteiger partial charge in [0.1, 0.15) is 23.0 Å². The first-order chi connectivity index (χ1) is 14.6. The maximum absolute atomic E-state index is 14.9. The first-order valence-corrected chi connectivity index (χ1v) is 10.4. The van der Waals surface area contributed by atoms with Crippen LogP contribution in [-0.2, 0) is 15.9 Å². The van der Waals surface area contributed by atoms with Crippen molar-refractivity contribution in [3.8, 4) is 0 Å². The average molecular weight is 497 g/mol. The van der Waals surface area contributed by atoms with Crippen LogP contribution in [0.2, 0.25) is 0 Å². The molecule has 31 heavy (non-hydrogen) atoms. The second-order valence-electron chi connectivity index (χ2n) is 8.27. The third kappa shape index (κ3) is 3.85. The minimum absolute atomic E-state index is 0.0151. The molecule has 5 nitrogen and oxygen atoms in total. The summed E-state index contributed by atoms with van der Waals surface area (Å²) in [6.07, 6.45) is -0.0652. The van der Waals surface area contributed by atoms with E-state index in [0.717, 1.165) is 18.2 Å². The molecule has 4 rings (SSSR count). The smallest absolute Gasteiger partial charge is 0.338 e. The summed E-state index contributed by atoms with van der Waals surface area (Å²) in [5, 5.41) is 0. The van der Waals surface area contributed by atoms with Crippen molar-refractivity contribution < 1.29 is 27.4 Å². The van der Waals surface area contributed by atoms with Crippen LogP contribution >= 0.6 is 15.9 Å². The SMILES string of the molecule is COC(=O)c1cc(F)c2nc(Cc3cc(F)c(Br)cc3F)n([C@@H]3COCC3(C)C)c2c1. The Balaban J connectivity index is 1.94. The predicted octanol–water partition coefficient (Wildman–Crippen LogP) is 5.19. The van der Waals surface area contributed by atoms with E-state index in [0.29, 0.717) is 24.6 Å². The molecular weight excluding hydrogens is 477 g/mol. The Morgan fingerprint density at radius 1 is 1.23 bits per heavy atom. The number of ether oxygens (including phenoxy) is 2. The maximum Gasteiger partial charge on any atom is 0.338 e. The highest BCUT2D eigenvalue weighted by atomic mass is 79.9. The van der Waals surface area contributed by atoms with E-state index in [4.69, 9.17) is 9.47 Å². The second-order valence-corrected chi connectivity index (χ2v) is 9.12. The van der Waals surface area contributed by atoms with Gasteiger partial charge in [-0.15, -0.1) is 0 Å². The van der Waals surface area contributed by atoms with E-state index in [1.54, 1.807) is 4.57 Å². The zero-order chi connectivity index (χ0) is 22.5. The highest BCUT2D eigenvalue weighted by Crippen LogP contribution is 2.41. The third-order valence-corrected chi connectivity index (χ3v) is 6.25. The molecule has 0 aliphatic carbocycles. The summed E-state index contributed by atoms with van der Waals surface area (Å²) < 4.78 is 55.7. The number of benzene rings is 2. The van der Waals surface area contributed by atoms with Crippen molar-refractivity contribution in [2.24, 2.45) is 5.41 Å². The van der Waals surface area contributed by atoms with Crippen LogP contribution in [0, 0.1) is 22.9 Å². The Morgan fingerprint density at radius 3 is 2.61 bits per heavy atom. The van der Waals surface area contributed by atoms with Gasteiger partial charge in [0.2, 0.25) is 0 Å². The molecule has 0 spiro atoms. The molecule has 164 valence electrons. The standard InChI is InChI=1S/C22H20BrF3N2O3/c1-22(2)10-31-9-18(22)28-17-6-12(21(29)30-3)5-16(26)20(17)27-19(28)7-11-4-15(25)13(23)8-14(11)24/h4-6,8,18H,7,9-10H2,1-3H3/t18-/m1/s1. The summed E-state index contributed by atoms with van der Waals surface area (Å²) in [5.74, 6) is -2.25. The van der Waals surface area contributed by atoms with Gasteiger partial charge in [-0.1, -0.05) is 13.8 Å². The lowest BCUT2D eigenvalue weighted by Gasteiger charge is -2.28. The molecule has 0 N–H and O–H groups in total. The van der Waals surface area contributed by atoms with Gasteiger partial charge in [0, 0.05) is 11.8 Å². The Morgan fingerprint density at radius 2 is 1.97 bits per heavy atom. The number of aromatic nitrogens is 2. The van der Waals surface area contributed by atoms with Gasteiger partial charge in [-0.3, -0.25) is 0 Å². The van der Waals surface area contributed by atoms with Crippen LogP contribution in [0.4, 0.5) is 13.2 Å². The molecule has 1 atom stereocenters. The molecule has 0 bridgehead atoms. The van der Waals surface area contributed by atoms with Crippen LogP contribution in [-0.4, -0.2) is 35.8 Å². The molecule has 9 heteroatoms. The van der Waals surface area contributed by atoms with E-state index in [9.17, 15) is 18.0 Å². The minimum Gasteiger partial charge on any atom is -0.465 e. The number of fused-ring (bicyclic) bond motifs is 1. The second kappa shape index (κ2) is 7.94. The van der Waals surface area contributed by atoms with Gasteiger partial charge in [0.25, 0.3) is 0 Å². The van der Waals surface area contributed by atoms with Crippen LogP contribution in [0.5, 0.6) is 0 Å². The van der Waals surface area contributed by atoms with Crippen molar-refractivity contribution in [2.75, 3.05) is 20.3 Å². The number of methoxy groups -OCH3 is 1. The van der Waals surface area contributed by atoms with E-state index in [2.05, 4.69) is 20.9 Å². The van der Waals surface area contributed by atoms with E-state index in [-0.39, 0.29) is 39.0 Å². The lowest BCUT2D eigenvalue weighted by Crippen LogP contribution is -2.27. The molecule has 0 amide bonds. The lowest BCUT2D eigenvalue weighted by atomic mass is 9.87. The van der Waals surface area contributed by atoms with Crippen LogP contribution in [0.3, 0.4) is 0 Å². The number of carbonyl (C=O) groups is 1.